The van der Waals surface area contributed by atoms with Crippen LogP contribution in [0.3, 0.4) is 0 Å². The van der Waals surface area contributed by atoms with Crippen molar-refractivity contribution in [1.29, 1.82) is 0 Å². The number of rotatable bonds is 10. The molecule has 0 spiro atoms. The van der Waals surface area contributed by atoms with Crippen LogP contribution in [0.2, 0.25) is 10.0 Å². The van der Waals surface area contributed by atoms with Gasteiger partial charge in [-0.15, -0.1) is 11.8 Å². The number of nitrogens with zero attached hydrogens (tertiary/aromatic N) is 2. The zero-order valence-electron chi connectivity index (χ0n) is 13.3. The van der Waals surface area contributed by atoms with Gasteiger partial charge in [-0.1, -0.05) is 43.0 Å². The second-order valence-corrected chi connectivity index (χ2v) is 7.54. The number of hydrogen-bond donors (Lipinski definition) is 0. The molecule has 2 rings (SSSR count). The van der Waals surface area contributed by atoms with Crippen LogP contribution in [0.5, 0.6) is 0 Å². The van der Waals surface area contributed by atoms with E-state index >= 15 is 0 Å². The topological polar surface area (TPSA) is 27.1 Å². The molecule has 0 N–H and O–H groups in total. The van der Waals surface area contributed by atoms with E-state index in [2.05, 4.69) is 16.5 Å². The van der Waals surface area contributed by atoms with Gasteiger partial charge in [-0.05, 0) is 24.6 Å². The number of thioether (sulfide) groups is 1. The Kier molecular flexibility index (Phi) is 8.31. The predicted molar refractivity (Wildman–Crippen MR) is 98.7 cm³/mol. The maximum Gasteiger partial charge on any atom is 0.0946 e. The number of aromatic nitrogens is 2. The van der Waals surface area contributed by atoms with Crippen LogP contribution < -0.4 is 0 Å². The second kappa shape index (κ2) is 10.2. The van der Waals surface area contributed by atoms with Gasteiger partial charge in [-0.25, -0.2) is 4.98 Å². The molecule has 23 heavy (non-hydrogen) atoms. The van der Waals surface area contributed by atoms with E-state index in [-0.39, 0.29) is 5.25 Å². The van der Waals surface area contributed by atoms with E-state index in [1.165, 1.54) is 12.8 Å². The normalized spacial score (nSPS) is 12.5. The lowest BCUT2D eigenvalue weighted by Crippen LogP contribution is -2.19. The van der Waals surface area contributed by atoms with Crippen molar-refractivity contribution in [2.24, 2.45) is 0 Å². The lowest BCUT2D eigenvalue weighted by molar-refractivity contribution is 0.128. The van der Waals surface area contributed by atoms with Gasteiger partial charge in [0.15, 0.2) is 0 Å². The van der Waals surface area contributed by atoms with E-state index in [4.69, 9.17) is 27.9 Å². The van der Waals surface area contributed by atoms with Crippen molar-refractivity contribution in [3.63, 3.8) is 0 Å². The van der Waals surface area contributed by atoms with Gasteiger partial charge in [0.1, 0.15) is 0 Å². The minimum absolute atomic E-state index is 0.268. The summed E-state index contributed by atoms with van der Waals surface area (Å²) in [5.41, 5.74) is 0. The molecule has 1 aromatic carbocycles. The first-order chi connectivity index (χ1) is 11.2. The van der Waals surface area contributed by atoms with Crippen molar-refractivity contribution in [2.45, 2.75) is 42.9 Å². The standard InChI is InChI=1S/C17H22Cl2N2OS/c1-2-3-4-9-22-12-15(11-21-8-7-20-13-21)23-17-6-5-14(18)10-16(17)19/h5-8,10,13,15H,2-4,9,11-12H2,1H3. The van der Waals surface area contributed by atoms with Gasteiger partial charge in [0, 0.05) is 35.5 Å². The minimum atomic E-state index is 0.268. The monoisotopic (exact) mass is 372 g/mol. The van der Waals surface area contributed by atoms with Crippen LogP contribution in [0.15, 0.2) is 41.8 Å². The molecule has 0 aliphatic carbocycles. The summed E-state index contributed by atoms with van der Waals surface area (Å²) in [4.78, 5) is 5.13. The summed E-state index contributed by atoms with van der Waals surface area (Å²) in [6, 6.07) is 5.61. The number of unbranched alkanes of at least 4 members (excludes halogenated alkanes) is 2. The Morgan fingerprint density at radius 2 is 2.17 bits per heavy atom. The van der Waals surface area contributed by atoms with E-state index < -0.39 is 0 Å². The van der Waals surface area contributed by atoms with Gasteiger partial charge >= 0.3 is 0 Å². The molecule has 2 aromatic rings. The first-order valence-electron chi connectivity index (χ1n) is 7.84. The van der Waals surface area contributed by atoms with Crippen LogP contribution in [0.1, 0.15) is 26.2 Å². The Labute approximate surface area is 152 Å². The van der Waals surface area contributed by atoms with E-state index in [1.807, 2.05) is 24.7 Å². The quantitative estimate of drug-likeness (QED) is 0.403. The molecule has 0 bridgehead atoms. The number of halogens is 2. The van der Waals surface area contributed by atoms with Gasteiger partial charge in [0.05, 0.1) is 23.2 Å². The molecular formula is C17H22Cl2N2OS. The number of hydrogen-bond acceptors (Lipinski definition) is 3. The van der Waals surface area contributed by atoms with Crippen molar-refractivity contribution >= 4 is 35.0 Å². The van der Waals surface area contributed by atoms with Gasteiger partial charge in [-0.2, -0.15) is 0 Å². The molecule has 126 valence electrons. The van der Waals surface area contributed by atoms with Gasteiger partial charge in [0.2, 0.25) is 0 Å². The zero-order valence-corrected chi connectivity index (χ0v) is 15.6. The zero-order chi connectivity index (χ0) is 16.5. The maximum atomic E-state index is 6.29. The highest BCUT2D eigenvalue weighted by molar-refractivity contribution is 8.00. The van der Waals surface area contributed by atoms with E-state index in [0.29, 0.717) is 16.7 Å². The van der Waals surface area contributed by atoms with Gasteiger partial charge in [0.25, 0.3) is 0 Å². The fraction of sp³-hybridized carbons (Fsp3) is 0.471. The molecule has 0 amide bonds. The summed E-state index contributed by atoms with van der Waals surface area (Å²) in [5, 5.41) is 1.61. The third-order valence-corrected chi connectivity index (χ3v) is 5.25. The third kappa shape index (κ3) is 6.76. The summed E-state index contributed by atoms with van der Waals surface area (Å²) in [7, 11) is 0. The second-order valence-electron chi connectivity index (χ2n) is 5.36. The molecule has 1 atom stereocenters. The average Bonchev–Trinajstić information content (AvgIpc) is 3.02. The third-order valence-electron chi connectivity index (χ3n) is 3.36. The van der Waals surface area contributed by atoms with E-state index in [0.717, 1.165) is 24.5 Å². The Hall–Kier alpha value is -0.680. The smallest absolute Gasteiger partial charge is 0.0946 e. The van der Waals surface area contributed by atoms with Crippen molar-refractivity contribution in [3.8, 4) is 0 Å². The number of imidazole rings is 1. The summed E-state index contributed by atoms with van der Waals surface area (Å²) >= 11 is 14.0. The molecule has 1 unspecified atom stereocenters. The van der Waals surface area contributed by atoms with Gasteiger partial charge in [-0.3, -0.25) is 0 Å². The first kappa shape index (κ1) is 18.7. The van der Waals surface area contributed by atoms with Crippen LogP contribution >= 0.6 is 35.0 Å². The van der Waals surface area contributed by atoms with Gasteiger partial charge < -0.3 is 9.30 Å². The van der Waals surface area contributed by atoms with Crippen molar-refractivity contribution < 1.29 is 4.74 Å². The number of benzene rings is 1. The van der Waals surface area contributed by atoms with E-state index in [1.54, 1.807) is 24.0 Å². The predicted octanol–water partition coefficient (Wildman–Crippen LogP) is 5.56. The lowest BCUT2D eigenvalue weighted by atomic mass is 10.3. The molecule has 0 fully saturated rings. The molecule has 0 aliphatic rings. The Morgan fingerprint density at radius 1 is 1.30 bits per heavy atom. The number of ether oxygens (including phenoxy) is 1. The molecule has 3 nitrogen and oxygen atoms in total. The van der Waals surface area contributed by atoms with Crippen LogP contribution in [-0.4, -0.2) is 28.0 Å². The SMILES string of the molecule is CCCCCOCC(Cn1ccnc1)Sc1ccc(Cl)cc1Cl. The molecular weight excluding hydrogens is 351 g/mol. The fourth-order valence-electron chi connectivity index (χ4n) is 2.17. The summed E-state index contributed by atoms with van der Waals surface area (Å²) < 4.78 is 7.93. The Bertz CT molecular complexity index is 578. The minimum Gasteiger partial charge on any atom is -0.380 e. The largest absolute Gasteiger partial charge is 0.380 e. The molecule has 0 saturated carbocycles. The highest BCUT2D eigenvalue weighted by atomic mass is 35.5. The van der Waals surface area contributed by atoms with Crippen molar-refractivity contribution in [2.75, 3.05) is 13.2 Å². The molecule has 1 aromatic heterocycles. The molecule has 1 heterocycles. The van der Waals surface area contributed by atoms with Crippen LogP contribution in [-0.2, 0) is 11.3 Å². The molecule has 0 aliphatic heterocycles. The Balaban J connectivity index is 1.94. The lowest BCUT2D eigenvalue weighted by Gasteiger charge is -2.18. The Morgan fingerprint density at radius 3 is 2.87 bits per heavy atom. The molecule has 6 heteroatoms. The van der Waals surface area contributed by atoms with Crippen molar-refractivity contribution in [1.82, 2.24) is 9.55 Å². The van der Waals surface area contributed by atoms with Crippen molar-refractivity contribution in [3.05, 3.63) is 47.0 Å². The first-order valence-corrected chi connectivity index (χ1v) is 9.47. The molecule has 0 radical (unpaired) electrons. The highest BCUT2D eigenvalue weighted by Crippen LogP contribution is 2.33. The summed E-state index contributed by atoms with van der Waals surface area (Å²) in [6.45, 7) is 4.52. The average molecular weight is 373 g/mol. The summed E-state index contributed by atoms with van der Waals surface area (Å²) in [6.07, 6.45) is 9.11. The van der Waals surface area contributed by atoms with Crippen LogP contribution in [0.25, 0.3) is 0 Å². The summed E-state index contributed by atoms with van der Waals surface area (Å²) in [5.74, 6) is 0. The maximum absolute atomic E-state index is 6.29. The van der Waals surface area contributed by atoms with Crippen LogP contribution in [0, 0.1) is 0 Å². The highest BCUT2D eigenvalue weighted by Gasteiger charge is 2.14. The fourth-order valence-corrected chi connectivity index (χ4v) is 3.80. The van der Waals surface area contributed by atoms with Crippen LogP contribution in [0.4, 0.5) is 0 Å². The molecule has 0 saturated heterocycles. The van der Waals surface area contributed by atoms with E-state index in [9.17, 15) is 0 Å².